The third-order valence-electron chi connectivity index (χ3n) is 2.97. The quantitative estimate of drug-likeness (QED) is 0.785. The van der Waals surface area contributed by atoms with E-state index >= 15 is 0 Å². The number of methoxy groups -OCH3 is 1. The lowest BCUT2D eigenvalue weighted by molar-refractivity contribution is 0.198. The van der Waals surface area contributed by atoms with Gasteiger partial charge in [-0.2, -0.15) is 0 Å². The van der Waals surface area contributed by atoms with Crippen LogP contribution in [-0.2, 0) is 4.74 Å². The van der Waals surface area contributed by atoms with Gasteiger partial charge < -0.3 is 15.0 Å². The molecule has 0 unspecified atom stereocenters. The lowest BCUT2D eigenvalue weighted by atomic mass is 10.3. The molecule has 0 saturated carbocycles. The number of nitrogens with zero attached hydrogens (tertiary/aromatic N) is 3. The Morgan fingerprint density at radius 2 is 2.00 bits per heavy atom. The van der Waals surface area contributed by atoms with Crippen molar-refractivity contribution in [3.05, 3.63) is 42.7 Å². The van der Waals surface area contributed by atoms with Gasteiger partial charge in [-0.1, -0.05) is 18.2 Å². The van der Waals surface area contributed by atoms with E-state index in [9.17, 15) is 0 Å². The van der Waals surface area contributed by atoms with Gasteiger partial charge in [0, 0.05) is 39.1 Å². The fraction of sp³-hybridized carbons (Fsp3) is 0.333. The van der Waals surface area contributed by atoms with E-state index in [2.05, 4.69) is 15.3 Å². The zero-order valence-electron chi connectivity index (χ0n) is 11.9. The molecule has 0 atom stereocenters. The minimum atomic E-state index is 0.745. The van der Waals surface area contributed by atoms with Gasteiger partial charge in [0.1, 0.15) is 18.0 Å². The van der Waals surface area contributed by atoms with Crippen molar-refractivity contribution in [1.29, 1.82) is 0 Å². The highest BCUT2D eigenvalue weighted by molar-refractivity contribution is 5.61. The van der Waals surface area contributed by atoms with Crippen LogP contribution in [0.5, 0.6) is 0 Å². The fourth-order valence-corrected chi connectivity index (χ4v) is 1.84. The van der Waals surface area contributed by atoms with Gasteiger partial charge in [0.05, 0.1) is 0 Å². The second-order valence-electron chi connectivity index (χ2n) is 4.43. The molecule has 0 amide bonds. The summed E-state index contributed by atoms with van der Waals surface area (Å²) in [4.78, 5) is 10.6. The molecule has 1 heterocycles. The Labute approximate surface area is 119 Å². The lowest BCUT2D eigenvalue weighted by Gasteiger charge is -2.18. The molecule has 0 aliphatic carbocycles. The van der Waals surface area contributed by atoms with Crippen LogP contribution in [0.4, 0.5) is 17.3 Å². The summed E-state index contributed by atoms with van der Waals surface area (Å²) in [6.07, 6.45) is 2.53. The molecule has 0 radical (unpaired) electrons. The van der Waals surface area contributed by atoms with Crippen LogP contribution in [-0.4, -0.2) is 37.3 Å². The molecular formula is C15H20N4O. The van der Waals surface area contributed by atoms with E-state index in [1.165, 1.54) is 0 Å². The summed E-state index contributed by atoms with van der Waals surface area (Å²) in [7, 11) is 3.70. The number of ether oxygens (including phenoxy) is 1. The fourth-order valence-electron chi connectivity index (χ4n) is 1.84. The molecular weight excluding hydrogens is 252 g/mol. The summed E-state index contributed by atoms with van der Waals surface area (Å²) in [6.45, 7) is 1.58. The van der Waals surface area contributed by atoms with Crippen molar-refractivity contribution in [3.8, 4) is 0 Å². The van der Waals surface area contributed by atoms with E-state index < -0.39 is 0 Å². The molecule has 2 rings (SSSR count). The average molecular weight is 272 g/mol. The standard InChI is InChI=1S/C15H20N4O/c1-19(13-7-4-3-5-8-13)15-11-14(17-12-18-15)16-9-6-10-20-2/h3-5,7-8,11-12H,6,9-10H2,1-2H3,(H,16,17,18). The van der Waals surface area contributed by atoms with Crippen molar-refractivity contribution in [1.82, 2.24) is 9.97 Å². The maximum Gasteiger partial charge on any atom is 0.138 e. The Hall–Kier alpha value is -2.14. The summed E-state index contributed by atoms with van der Waals surface area (Å²) in [6, 6.07) is 12.1. The number of hydrogen-bond acceptors (Lipinski definition) is 5. The summed E-state index contributed by atoms with van der Waals surface area (Å²) in [5, 5.41) is 3.27. The molecule has 1 aromatic carbocycles. The minimum Gasteiger partial charge on any atom is -0.385 e. The molecule has 106 valence electrons. The van der Waals surface area contributed by atoms with E-state index in [1.54, 1.807) is 13.4 Å². The molecule has 20 heavy (non-hydrogen) atoms. The first-order valence-corrected chi connectivity index (χ1v) is 6.65. The van der Waals surface area contributed by atoms with Gasteiger partial charge in [-0.05, 0) is 18.6 Å². The molecule has 0 bridgehead atoms. The number of aromatic nitrogens is 2. The van der Waals surface area contributed by atoms with Crippen molar-refractivity contribution in [2.24, 2.45) is 0 Å². The van der Waals surface area contributed by atoms with Crippen molar-refractivity contribution in [2.75, 3.05) is 37.5 Å². The number of hydrogen-bond donors (Lipinski definition) is 1. The van der Waals surface area contributed by atoms with Gasteiger partial charge in [-0.25, -0.2) is 9.97 Å². The van der Waals surface area contributed by atoms with Crippen LogP contribution < -0.4 is 10.2 Å². The zero-order valence-corrected chi connectivity index (χ0v) is 11.9. The van der Waals surface area contributed by atoms with Gasteiger partial charge in [0.2, 0.25) is 0 Å². The largest absolute Gasteiger partial charge is 0.385 e. The maximum absolute atomic E-state index is 5.02. The first kappa shape index (κ1) is 14.3. The smallest absolute Gasteiger partial charge is 0.138 e. The molecule has 1 aromatic heterocycles. The summed E-state index contributed by atoms with van der Waals surface area (Å²) in [5.74, 6) is 1.69. The van der Waals surface area contributed by atoms with E-state index in [0.29, 0.717) is 0 Å². The van der Waals surface area contributed by atoms with Gasteiger partial charge >= 0.3 is 0 Å². The molecule has 0 saturated heterocycles. The topological polar surface area (TPSA) is 50.3 Å². The van der Waals surface area contributed by atoms with E-state index in [-0.39, 0.29) is 0 Å². The monoisotopic (exact) mass is 272 g/mol. The highest BCUT2D eigenvalue weighted by atomic mass is 16.5. The molecule has 5 heteroatoms. The highest BCUT2D eigenvalue weighted by Gasteiger charge is 2.06. The van der Waals surface area contributed by atoms with E-state index in [0.717, 1.165) is 36.9 Å². The molecule has 0 aliphatic rings. The molecule has 2 aromatic rings. The first-order chi connectivity index (χ1) is 9.81. The number of benzene rings is 1. The van der Waals surface area contributed by atoms with Crippen molar-refractivity contribution in [2.45, 2.75) is 6.42 Å². The van der Waals surface area contributed by atoms with Crippen LogP contribution in [0.25, 0.3) is 0 Å². The lowest BCUT2D eigenvalue weighted by Crippen LogP contribution is -2.12. The third-order valence-corrected chi connectivity index (χ3v) is 2.97. The van der Waals surface area contributed by atoms with Gasteiger partial charge in [-0.3, -0.25) is 0 Å². The van der Waals surface area contributed by atoms with Crippen LogP contribution in [0.2, 0.25) is 0 Å². The van der Waals surface area contributed by atoms with E-state index in [4.69, 9.17) is 4.74 Å². The van der Waals surface area contributed by atoms with Crippen LogP contribution in [0.15, 0.2) is 42.7 Å². The molecule has 0 aliphatic heterocycles. The summed E-state index contributed by atoms with van der Waals surface area (Å²) in [5.41, 5.74) is 1.09. The maximum atomic E-state index is 5.02. The van der Waals surface area contributed by atoms with Gasteiger partial charge in [0.15, 0.2) is 0 Å². The SMILES string of the molecule is COCCCNc1cc(N(C)c2ccccc2)ncn1. The minimum absolute atomic E-state index is 0.745. The Kier molecular flexibility index (Phi) is 5.32. The predicted octanol–water partition coefficient (Wildman–Crippen LogP) is 2.69. The van der Waals surface area contributed by atoms with Gasteiger partial charge in [-0.15, -0.1) is 0 Å². The average Bonchev–Trinajstić information content (AvgIpc) is 2.52. The molecule has 0 spiro atoms. The van der Waals surface area contributed by atoms with Crippen molar-refractivity contribution < 1.29 is 4.74 Å². The number of anilines is 3. The Morgan fingerprint density at radius 3 is 2.75 bits per heavy atom. The predicted molar refractivity (Wildman–Crippen MR) is 81.5 cm³/mol. The summed E-state index contributed by atoms with van der Waals surface area (Å²) < 4.78 is 5.02. The van der Waals surface area contributed by atoms with Crippen molar-refractivity contribution >= 4 is 17.3 Å². The van der Waals surface area contributed by atoms with Crippen LogP contribution in [0.3, 0.4) is 0 Å². The Bertz CT molecular complexity index is 518. The Morgan fingerprint density at radius 1 is 1.20 bits per heavy atom. The molecule has 0 fully saturated rings. The first-order valence-electron chi connectivity index (χ1n) is 6.65. The molecule has 5 nitrogen and oxygen atoms in total. The van der Waals surface area contributed by atoms with Crippen LogP contribution in [0.1, 0.15) is 6.42 Å². The van der Waals surface area contributed by atoms with Crippen molar-refractivity contribution in [3.63, 3.8) is 0 Å². The number of nitrogens with one attached hydrogen (secondary N) is 1. The zero-order chi connectivity index (χ0) is 14.2. The number of para-hydroxylation sites is 1. The second-order valence-corrected chi connectivity index (χ2v) is 4.43. The van der Waals surface area contributed by atoms with E-state index in [1.807, 2.05) is 48.3 Å². The summed E-state index contributed by atoms with van der Waals surface area (Å²) >= 11 is 0. The van der Waals surface area contributed by atoms with Gasteiger partial charge in [0.25, 0.3) is 0 Å². The highest BCUT2D eigenvalue weighted by Crippen LogP contribution is 2.22. The van der Waals surface area contributed by atoms with Crippen LogP contribution >= 0.6 is 0 Å². The second kappa shape index (κ2) is 7.45. The number of rotatable bonds is 7. The molecule has 1 N–H and O–H groups in total. The normalized spacial score (nSPS) is 10.3. The third kappa shape index (κ3) is 3.93. The van der Waals surface area contributed by atoms with Crippen LogP contribution in [0, 0.1) is 0 Å². The Balaban J connectivity index is 2.02.